The molecule has 0 bridgehead atoms. The lowest BCUT2D eigenvalue weighted by atomic mass is 10.3. The zero-order chi connectivity index (χ0) is 16.9. The van der Waals surface area contributed by atoms with Gasteiger partial charge in [-0.2, -0.15) is 0 Å². The summed E-state index contributed by atoms with van der Waals surface area (Å²) in [6, 6.07) is 4.77. The van der Waals surface area contributed by atoms with E-state index in [4.69, 9.17) is 42.1 Å². The molecule has 1 rings (SSSR count). The Kier molecular flexibility index (Phi) is 10.8. The van der Waals surface area contributed by atoms with Crippen LogP contribution in [0.5, 0.6) is 5.75 Å². The van der Waals surface area contributed by atoms with Gasteiger partial charge < -0.3 is 18.9 Å². The lowest BCUT2D eigenvalue weighted by Gasteiger charge is -2.09. The van der Waals surface area contributed by atoms with Gasteiger partial charge in [0.1, 0.15) is 12.4 Å². The molecule has 0 N–H and O–H groups in total. The van der Waals surface area contributed by atoms with Crippen LogP contribution in [0.15, 0.2) is 18.2 Å². The number of esters is 1. The Morgan fingerprint density at radius 2 is 1.74 bits per heavy atom. The van der Waals surface area contributed by atoms with Crippen LogP contribution in [0.3, 0.4) is 0 Å². The maximum absolute atomic E-state index is 11.5. The van der Waals surface area contributed by atoms with Gasteiger partial charge in [-0.05, 0) is 24.6 Å². The summed E-state index contributed by atoms with van der Waals surface area (Å²) in [6.07, 6.45) is 2.16. The summed E-state index contributed by atoms with van der Waals surface area (Å²) in [5, 5.41) is 0.845. The average Bonchev–Trinajstić information content (AvgIpc) is 2.52. The lowest BCUT2D eigenvalue weighted by molar-refractivity contribution is -0.147. The van der Waals surface area contributed by atoms with E-state index in [0.29, 0.717) is 35.6 Å². The number of carbonyl (C=O) groups excluding carboxylic acids is 1. The molecule has 0 radical (unpaired) electrons. The molecule has 0 unspecified atom stereocenters. The van der Waals surface area contributed by atoms with Crippen LogP contribution < -0.4 is 4.74 Å². The molecule has 0 spiro atoms. The van der Waals surface area contributed by atoms with Gasteiger partial charge in [0.15, 0.2) is 6.61 Å². The predicted molar refractivity (Wildman–Crippen MR) is 89.5 cm³/mol. The minimum Gasteiger partial charge on any atom is -0.480 e. The largest absolute Gasteiger partial charge is 0.480 e. The summed E-state index contributed by atoms with van der Waals surface area (Å²) in [5.74, 6) is -0.104. The molecule has 1 aromatic carbocycles. The van der Waals surface area contributed by atoms with Crippen LogP contribution in [0.25, 0.3) is 0 Å². The van der Waals surface area contributed by atoms with Gasteiger partial charge in [0.2, 0.25) is 0 Å². The van der Waals surface area contributed by atoms with Crippen LogP contribution in [0.1, 0.15) is 19.8 Å². The number of ether oxygens (including phenoxy) is 4. The Morgan fingerprint density at radius 3 is 2.43 bits per heavy atom. The fraction of sp³-hybridized carbons (Fsp3) is 0.562. The summed E-state index contributed by atoms with van der Waals surface area (Å²) in [6.45, 7) is 4.17. The molecular formula is C16H22Cl2O5. The molecule has 0 saturated carbocycles. The van der Waals surface area contributed by atoms with Crippen LogP contribution in [0.2, 0.25) is 10.0 Å². The molecule has 0 aliphatic carbocycles. The van der Waals surface area contributed by atoms with Gasteiger partial charge in [-0.1, -0.05) is 36.5 Å². The summed E-state index contributed by atoms with van der Waals surface area (Å²) < 4.78 is 20.8. The number of rotatable bonds is 12. The van der Waals surface area contributed by atoms with E-state index in [1.54, 1.807) is 18.2 Å². The van der Waals surface area contributed by atoms with Crippen molar-refractivity contribution in [1.29, 1.82) is 0 Å². The van der Waals surface area contributed by atoms with Gasteiger partial charge >= 0.3 is 5.97 Å². The van der Waals surface area contributed by atoms with Crippen LogP contribution in [0, 0.1) is 0 Å². The van der Waals surface area contributed by atoms with E-state index in [2.05, 4.69) is 6.92 Å². The molecule has 23 heavy (non-hydrogen) atoms. The minimum atomic E-state index is -0.487. The number of hydrogen-bond donors (Lipinski definition) is 0. The fourth-order valence-electron chi connectivity index (χ4n) is 1.55. The van der Waals surface area contributed by atoms with Crippen molar-refractivity contribution >= 4 is 29.2 Å². The summed E-state index contributed by atoms with van der Waals surface area (Å²) >= 11 is 11.7. The topological polar surface area (TPSA) is 54.0 Å². The molecule has 0 aromatic heterocycles. The first kappa shape index (κ1) is 20.0. The first-order valence-corrected chi connectivity index (χ1v) is 8.28. The molecule has 130 valence electrons. The van der Waals surface area contributed by atoms with Crippen molar-refractivity contribution in [1.82, 2.24) is 0 Å². The third kappa shape index (κ3) is 9.66. The second kappa shape index (κ2) is 12.4. The van der Waals surface area contributed by atoms with E-state index in [1.165, 1.54) is 0 Å². The molecule has 0 saturated heterocycles. The van der Waals surface area contributed by atoms with Crippen molar-refractivity contribution in [3.8, 4) is 5.75 Å². The third-order valence-electron chi connectivity index (χ3n) is 2.74. The second-order valence-corrected chi connectivity index (χ2v) is 5.51. The predicted octanol–water partition coefficient (Wildman–Crippen LogP) is 3.75. The molecule has 7 heteroatoms. The lowest BCUT2D eigenvalue weighted by Crippen LogP contribution is -2.18. The fourth-order valence-corrected chi connectivity index (χ4v) is 2.02. The van der Waals surface area contributed by atoms with E-state index in [0.717, 1.165) is 19.4 Å². The van der Waals surface area contributed by atoms with Gasteiger partial charge in [-0.3, -0.25) is 0 Å². The van der Waals surface area contributed by atoms with Crippen molar-refractivity contribution in [2.75, 3.05) is 39.6 Å². The molecule has 1 aromatic rings. The first-order chi connectivity index (χ1) is 11.1. The number of unbranched alkanes of at least 4 members (excludes halogenated alkanes) is 1. The monoisotopic (exact) mass is 364 g/mol. The molecule has 5 nitrogen and oxygen atoms in total. The van der Waals surface area contributed by atoms with E-state index >= 15 is 0 Å². The van der Waals surface area contributed by atoms with Crippen LogP contribution in [-0.4, -0.2) is 45.6 Å². The highest BCUT2D eigenvalue weighted by atomic mass is 35.5. The number of halogens is 2. The van der Waals surface area contributed by atoms with Crippen molar-refractivity contribution in [2.24, 2.45) is 0 Å². The number of carbonyl (C=O) groups is 1. The van der Waals surface area contributed by atoms with Crippen LogP contribution in [-0.2, 0) is 19.0 Å². The van der Waals surface area contributed by atoms with Crippen molar-refractivity contribution in [2.45, 2.75) is 19.8 Å². The molecule has 0 amide bonds. The minimum absolute atomic E-state index is 0.172. The normalized spacial score (nSPS) is 10.6. The quantitative estimate of drug-likeness (QED) is 0.417. The Bertz CT molecular complexity index is 468. The van der Waals surface area contributed by atoms with Gasteiger partial charge in [-0.15, -0.1) is 0 Å². The molecule has 0 aliphatic rings. The number of benzene rings is 1. The summed E-state index contributed by atoms with van der Waals surface area (Å²) in [7, 11) is 0. The van der Waals surface area contributed by atoms with E-state index in [1.807, 2.05) is 0 Å². The van der Waals surface area contributed by atoms with Gasteiger partial charge in [0.05, 0.1) is 24.8 Å². The van der Waals surface area contributed by atoms with E-state index in [-0.39, 0.29) is 13.2 Å². The smallest absolute Gasteiger partial charge is 0.344 e. The molecule has 0 aliphatic heterocycles. The third-order valence-corrected chi connectivity index (χ3v) is 3.27. The van der Waals surface area contributed by atoms with Gasteiger partial charge in [0.25, 0.3) is 0 Å². The maximum atomic E-state index is 11.5. The van der Waals surface area contributed by atoms with Crippen molar-refractivity contribution in [3.05, 3.63) is 28.2 Å². The highest BCUT2D eigenvalue weighted by Gasteiger charge is 2.07. The SMILES string of the molecule is CCCCOCCOCCOC(=O)COc1ccc(Cl)cc1Cl. The molecule has 0 heterocycles. The Morgan fingerprint density at radius 1 is 1.04 bits per heavy atom. The highest BCUT2D eigenvalue weighted by molar-refractivity contribution is 6.35. The van der Waals surface area contributed by atoms with Crippen LogP contribution >= 0.6 is 23.2 Å². The summed E-state index contributed by atoms with van der Waals surface area (Å²) in [5.41, 5.74) is 0. The van der Waals surface area contributed by atoms with Crippen molar-refractivity contribution in [3.63, 3.8) is 0 Å². The first-order valence-electron chi connectivity index (χ1n) is 7.52. The Balaban J connectivity index is 2.02. The van der Waals surface area contributed by atoms with Crippen LogP contribution in [0.4, 0.5) is 0 Å². The zero-order valence-electron chi connectivity index (χ0n) is 13.2. The van der Waals surface area contributed by atoms with Gasteiger partial charge in [-0.25, -0.2) is 4.79 Å². The standard InChI is InChI=1S/C16H22Cl2O5/c1-2-3-6-20-7-8-21-9-10-22-16(19)12-23-15-5-4-13(17)11-14(15)18/h4-5,11H,2-3,6-10,12H2,1H3. The van der Waals surface area contributed by atoms with E-state index in [9.17, 15) is 4.79 Å². The Hall–Kier alpha value is -1.01. The second-order valence-electron chi connectivity index (χ2n) is 4.66. The molecule has 0 fully saturated rings. The average molecular weight is 365 g/mol. The maximum Gasteiger partial charge on any atom is 0.344 e. The van der Waals surface area contributed by atoms with Crippen molar-refractivity contribution < 1.29 is 23.7 Å². The molecule has 0 atom stereocenters. The number of hydrogen-bond acceptors (Lipinski definition) is 5. The van der Waals surface area contributed by atoms with E-state index < -0.39 is 5.97 Å². The van der Waals surface area contributed by atoms with Gasteiger partial charge in [0, 0.05) is 11.6 Å². The molecular weight excluding hydrogens is 343 g/mol. The zero-order valence-corrected chi connectivity index (χ0v) is 14.7. The Labute approximate surface area is 146 Å². The highest BCUT2D eigenvalue weighted by Crippen LogP contribution is 2.27. The summed E-state index contributed by atoms with van der Waals surface area (Å²) in [4.78, 5) is 11.5.